The van der Waals surface area contributed by atoms with Crippen LogP contribution in [-0.2, 0) is 9.84 Å². The third kappa shape index (κ3) is 2.91. The van der Waals surface area contributed by atoms with E-state index in [-0.39, 0.29) is 14.1 Å². The molecule has 2 heterocycles. The molecule has 0 saturated heterocycles. The predicted octanol–water partition coefficient (Wildman–Crippen LogP) is 6.10. The van der Waals surface area contributed by atoms with Crippen molar-refractivity contribution in [3.05, 3.63) is 76.9 Å². The molecule has 2 aromatic carbocycles. The average Bonchev–Trinajstić information content (AvgIpc) is 3.03. The molecule has 4 rings (SSSR count). The molecule has 0 atom stereocenters. The fraction of sp³-hybridized carbons (Fsp3) is 0. The van der Waals surface area contributed by atoms with Crippen LogP contribution < -0.4 is 0 Å². The van der Waals surface area contributed by atoms with Crippen molar-refractivity contribution in [1.82, 2.24) is 4.98 Å². The second-order valence-electron chi connectivity index (χ2n) is 5.56. The van der Waals surface area contributed by atoms with Crippen molar-refractivity contribution >= 4 is 54.6 Å². The van der Waals surface area contributed by atoms with E-state index in [4.69, 9.17) is 23.2 Å². The molecular weight excluding hydrogens is 409 g/mol. The van der Waals surface area contributed by atoms with Gasteiger partial charge in [0.15, 0.2) is 0 Å². The molecule has 0 amide bonds. The number of hydrogen-bond acceptors (Lipinski definition) is 4. The van der Waals surface area contributed by atoms with Gasteiger partial charge in [-0.15, -0.1) is 11.3 Å². The summed E-state index contributed by atoms with van der Waals surface area (Å²) in [6, 6.07) is 17.2. The van der Waals surface area contributed by atoms with Crippen molar-refractivity contribution in [1.29, 1.82) is 0 Å². The highest BCUT2D eigenvalue weighted by Crippen LogP contribution is 2.43. The summed E-state index contributed by atoms with van der Waals surface area (Å²) >= 11 is 13.3. The number of rotatable bonds is 3. The van der Waals surface area contributed by atoms with E-state index in [0.29, 0.717) is 15.4 Å². The third-order valence-corrected chi connectivity index (χ3v) is 8.07. The molecule has 2 aromatic heterocycles. The van der Waals surface area contributed by atoms with Gasteiger partial charge < -0.3 is 0 Å². The van der Waals surface area contributed by atoms with Crippen LogP contribution in [0.15, 0.2) is 76.0 Å². The predicted molar refractivity (Wildman–Crippen MR) is 107 cm³/mol. The van der Waals surface area contributed by atoms with Gasteiger partial charge in [-0.25, -0.2) is 13.4 Å². The number of hydrogen-bond donors (Lipinski definition) is 0. The number of halogens is 2. The summed E-state index contributed by atoms with van der Waals surface area (Å²) in [5, 5.41) is 1.56. The SMILES string of the molecule is O=S(=O)(c1ccccc1Cl)c1sc2ncccc2c1-c1ccc(Cl)cc1. The molecule has 0 aliphatic rings. The first-order valence-corrected chi connectivity index (χ1v) is 10.7. The van der Waals surface area contributed by atoms with Crippen LogP contribution in [0.2, 0.25) is 10.0 Å². The molecule has 0 aliphatic heterocycles. The Kier molecular flexibility index (Phi) is 4.49. The number of nitrogens with zero attached hydrogens (tertiary/aromatic N) is 1. The van der Waals surface area contributed by atoms with E-state index in [1.54, 1.807) is 42.6 Å². The van der Waals surface area contributed by atoms with Crippen LogP contribution in [0.5, 0.6) is 0 Å². The lowest BCUT2D eigenvalue weighted by Gasteiger charge is -2.08. The average molecular weight is 420 g/mol. The quantitative estimate of drug-likeness (QED) is 0.402. The van der Waals surface area contributed by atoms with Gasteiger partial charge in [0, 0.05) is 22.2 Å². The largest absolute Gasteiger partial charge is 0.245 e. The molecule has 3 nitrogen and oxygen atoms in total. The lowest BCUT2D eigenvalue weighted by molar-refractivity contribution is 0.598. The summed E-state index contributed by atoms with van der Waals surface area (Å²) < 4.78 is 26.9. The highest BCUT2D eigenvalue weighted by atomic mass is 35.5. The number of thiophene rings is 1. The molecule has 0 unspecified atom stereocenters. The minimum absolute atomic E-state index is 0.0865. The highest BCUT2D eigenvalue weighted by Gasteiger charge is 2.28. The molecule has 0 aliphatic carbocycles. The van der Waals surface area contributed by atoms with Crippen LogP contribution in [0.4, 0.5) is 0 Å². The fourth-order valence-electron chi connectivity index (χ4n) is 2.75. The summed E-state index contributed by atoms with van der Waals surface area (Å²) in [6.45, 7) is 0. The smallest absolute Gasteiger partial charge is 0.218 e. The lowest BCUT2D eigenvalue weighted by Crippen LogP contribution is -2.02. The molecule has 0 N–H and O–H groups in total. The molecule has 130 valence electrons. The molecule has 7 heteroatoms. The first-order valence-electron chi connectivity index (χ1n) is 7.61. The van der Waals surface area contributed by atoms with E-state index < -0.39 is 9.84 Å². The van der Waals surface area contributed by atoms with Crippen molar-refractivity contribution < 1.29 is 8.42 Å². The topological polar surface area (TPSA) is 47.0 Å². The summed E-state index contributed by atoms with van der Waals surface area (Å²) in [5.41, 5.74) is 1.38. The van der Waals surface area contributed by atoms with Crippen LogP contribution in [0.1, 0.15) is 0 Å². The Bertz CT molecular complexity index is 1220. The summed E-state index contributed by atoms with van der Waals surface area (Å²) in [7, 11) is -3.81. The minimum Gasteiger partial charge on any atom is -0.245 e. The van der Waals surface area contributed by atoms with Crippen LogP contribution in [0.3, 0.4) is 0 Å². The second-order valence-corrected chi connectivity index (χ2v) is 9.52. The van der Waals surface area contributed by atoms with Crippen molar-refractivity contribution in [2.24, 2.45) is 0 Å². The van der Waals surface area contributed by atoms with Crippen LogP contribution >= 0.6 is 34.5 Å². The Balaban J connectivity index is 2.06. The molecule has 4 aromatic rings. The van der Waals surface area contributed by atoms with Gasteiger partial charge in [0.25, 0.3) is 0 Å². The van der Waals surface area contributed by atoms with Gasteiger partial charge in [-0.1, -0.05) is 47.5 Å². The molecule has 26 heavy (non-hydrogen) atoms. The minimum atomic E-state index is -3.81. The normalized spacial score (nSPS) is 11.8. The van der Waals surface area contributed by atoms with Crippen molar-refractivity contribution in [2.75, 3.05) is 0 Å². The van der Waals surface area contributed by atoms with Crippen molar-refractivity contribution in [3.63, 3.8) is 0 Å². The monoisotopic (exact) mass is 419 g/mol. The first kappa shape index (κ1) is 17.5. The first-order chi connectivity index (χ1) is 12.5. The number of pyridine rings is 1. The van der Waals surface area contributed by atoms with Gasteiger partial charge in [-0.05, 0) is 42.0 Å². The van der Waals surface area contributed by atoms with Gasteiger partial charge in [0.2, 0.25) is 9.84 Å². The molecule has 0 bridgehead atoms. The third-order valence-electron chi connectivity index (χ3n) is 3.94. The molecule has 0 fully saturated rings. The second kappa shape index (κ2) is 6.67. The van der Waals surface area contributed by atoms with E-state index in [1.165, 1.54) is 6.07 Å². The Morgan fingerprint density at radius 3 is 2.35 bits per heavy atom. The summed E-state index contributed by atoms with van der Waals surface area (Å²) in [6.07, 6.45) is 1.65. The zero-order chi connectivity index (χ0) is 18.3. The molecular formula is C19H11Cl2NO2S2. The van der Waals surface area contributed by atoms with E-state index in [0.717, 1.165) is 22.3 Å². The van der Waals surface area contributed by atoms with Gasteiger partial charge in [-0.2, -0.15) is 0 Å². The molecule has 0 spiro atoms. The van der Waals surface area contributed by atoms with Gasteiger partial charge in [0.05, 0.1) is 9.92 Å². The fourth-order valence-corrected chi connectivity index (χ4v) is 6.44. The van der Waals surface area contributed by atoms with Crippen molar-refractivity contribution in [2.45, 2.75) is 9.10 Å². The van der Waals surface area contributed by atoms with Crippen molar-refractivity contribution in [3.8, 4) is 11.1 Å². The zero-order valence-electron chi connectivity index (χ0n) is 13.2. The Morgan fingerprint density at radius 2 is 1.62 bits per heavy atom. The standard InChI is InChI=1S/C19H11Cl2NO2S2/c20-13-9-7-12(8-10-13)17-14-4-3-11-22-18(14)25-19(17)26(23,24)16-6-2-1-5-15(16)21/h1-11H. The Labute approximate surface area is 164 Å². The zero-order valence-corrected chi connectivity index (χ0v) is 16.3. The van der Waals surface area contributed by atoms with E-state index in [1.807, 2.05) is 18.2 Å². The van der Waals surface area contributed by atoms with Gasteiger partial charge in [0.1, 0.15) is 9.04 Å². The Hall–Kier alpha value is -1.92. The highest BCUT2D eigenvalue weighted by molar-refractivity contribution is 7.94. The van der Waals surface area contributed by atoms with Gasteiger partial charge in [-0.3, -0.25) is 0 Å². The number of fused-ring (bicyclic) bond motifs is 1. The Morgan fingerprint density at radius 1 is 0.885 bits per heavy atom. The molecule has 0 radical (unpaired) electrons. The lowest BCUT2D eigenvalue weighted by atomic mass is 10.1. The summed E-state index contributed by atoms with van der Waals surface area (Å²) in [5.74, 6) is 0. The number of sulfone groups is 1. The van der Waals surface area contributed by atoms with E-state index in [2.05, 4.69) is 4.98 Å². The van der Waals surface area contributed by atoms with Gasteiger partial charge >= 0.3 is 0 Å². The molecule has 0 saturated carbocycles. The summed E-state index contributed by atoms with van der Waals surface area (Å²) in [4.78, 5) is 5.07. The van der Waals surface area contributed by atoms with E-state index in [9.17, 15) is 8.42 Å². The van der Waals surface area contributed by atoms with Crippen LogP contribution in [0.25, 0.3) is 21.3 Å². The van der Waals surface area contributed by atoms with E-state index >= 15 is 0 Å². The maximum atomic E-state index is 13.4. The maximum Gasteiger partial charge on any atom is 0.218 e. The maximum absolute atomic E-state index is 13.4. The van der Waals surface area contributed by atoms with Crippen LogP contribution in [-0.4, -0.2) is 13.4 Å². The number of aromatic nitrogens is 1. The number of benzene rings is 2. The van der Waals surface area contributed by atoms with Crippen LogP contribution in [0, 0.1) is 0 Å².